The normalized spacial score (nSPS) is 18.5. The van der Waals surface area contributed by atoms with Gasteiger partial charge in [-0.05, 0) is 50.5 Å². The number of hydrogen-bond acceptors (Lipinski definition) is 4. The van der Waals surface area contributed by atoms with Crippen molar-refractivity contribution in [1.29, 1.82) is 0 Å². The van der Waals surface area contributed by atoms with Gasteiger partial charge in [0.25, 0.3) is 5.91 Å². The predicted molar refractivity (Wildman–Crippen MR) is 84.4 cm³/mol. The molecule has 3 rings (SSSR count). The maximum absolute atomic E-state index is 12.8. The number of rotatable bonds is 3. The predicted octanol–water partition coefficient (Wildman–Crippen LogP) is 2.60. The van der Waals surface area contributed by atoms with E-state index in [2.05, 4.69) is 4.98 Å². The highest BCUT2D eigenvalue weighted by Gasteiger charge is 2.27. The lowest BCUT2D eigenvalue weighted by atomic mass is 10.0. The molecule has 1 saturated heterocycles. The molecule has 22 heavy (non-hydrogen) atoms. The van der Waals surface area contributed by atoms with E-state index in [4.69, 9.17) is 10.2 Å². The standard InChI is InChI=1S/C17H21N3O2/c1-12-14(7-8-15(19-12)16-6-4-10-22-16)17(21)20-9-3-2-5-13(20)11-18/h4,6-8,10,13H,2-3,5,9,11,18H2,1H3. The molecule has 1 amide bonds. The van der Waals surface area contributed by atoms with E-state index in [0.29, 0.717) is 17.9 Å². The van der Waals surface area contributed by atoms with Crippen LogP contribution in [0.5, 0.6) is 0 Å². The maximum atomic E-state index is 12.8. The van der Waals surface area contributed by atoms with Gasteiger partial charge in [-0.2, -0.15) is 0 Å². The van der Waals surface area contributed by atoms with Crippen molar-refractivity contribution < 1.29 is 9.21 Å². The number of furan rings is 1. The van der Waals surface area contributed by atoms with Crippen LogP contribution in [-0.2, 0) is 0 Å². The highest BCUT2D eigenvalue weighted by Crippen LogP contribution is 2.23. The van der Waals surface area contributed by atoms with Gasteiger partial charge in [0.15, 0.2) is 5.76 Å². The van der Waals surface area contributed by atoms with Crippen molar-refractivity contribution in [2.24, 2.45) is 5.73 Å². The number of pyridine rings is 1. The monoisotopic (exact) mass is 299 g/mol. The van der Waals surface area contributed by atoms with Gasteiger partial charge in [0.1, 0.15) is 5.69 Å². The van der Waals surface area contributed by atoms with E-state index in [9.17, 15) is 4.79 Å². The first kappa shape index (κ1) is 14.8. The van der Waals surface area contributed by atoms with Gasteiger partial charge >= 0.3 is 0 Å². The number of nitrogens with two attached hydrogens (primary N) is 1. The van der Waals surface area contributed by atoms with Gasteiger partial charge in [0.05, 0.1) is 17.5 Å². The number of likely N-dealkylation sites (tertiary alicyclic amines) is 1. The van der Waals surface area contributed by atoms with Gasteiger partial charge < -0.3 is 15.1 Å². The Labute approximate surface area is 130 Å². The van der Waals surface area contributed by atoms with E-state index >= 15 is 0 Å². The second kappa shape index (κ2) is 6.32. The summed E-state index contributed by atoms with van der Waals surface area (Å²) in [5.74, 6) is 0.742. The molecule has 0 aliphatic carbocycles. The fraction of sp³-hybridized carbons (Fsp3) is 0.412. The Hall–Kier alpha value is -2.14. The van der Waals surface area contributed by atoms with Crippen LogP contribution in [0.25, 0.3) is 11.5 Å². The third-order valence-electron chi connectivity index (χ3n) is 4.25. The molecule has 1 aliphatic heterocycles. The number of carbonyl (C=O) groups excluding carboxylic acids is 1. The zero-order chi connectivity index (χ0) is 15.5. The molecule has 1 atom stereocenters. The molecule has 1 fully saturated rings. The van der Waals surface area contributed by atoms with Crippen molar-refractivity contribution in [2.45, 2.75) is 32.2 Å². The molecule has 2 N–H and O–H groups in total. The zero-order valence-corrected chi connectivity index (χ0v) is 12.8. The molecule has 0 spiro atoms. The summed E-state index contributed by atoms with van der Waals surface area (Å²) in [5, 5.41) is 0. The van der Waals surface area contributed by atoms with Gasteiger partial charge in [-0.3, -0.25) is 4.79 Å². The molecule has 1 aliphatic rings. The summed E-state index contributed by atoms with van der Waals surface area (Å²) in [6.07, 6.45) is 4.78. The van der Waals surface area contributed by atoms with Crippen LogP contribution < -0.4 is 5.73 Å². The van der Waals surface area contributed by atoms with Gasteiger partial charge in [-0.25, -0.2) is 4.98 Å². The first-order valence-electron chi connectivity index (χ1n) is 7.73. The minimum absolute atomic E-state index is 0.0335. The van der Waals surface area contributed by atoms with Crippen LogP contribution in [0.4, 0.5) is 0 Å². The molecule has 2 aromatic heterocycles. The van der Waals surface area contributed by atoms with Crippen LogP contribution in [0.3, 0.4) is 0 Å². The van der Waals surface area contributed by atoms with Crippen molar-refractivity contribution >= 4 is 5.91 Å². The molecule has 0 bridgehead atoms. The molecule has 0 radical (unpaired) electrons. The largest absolute Gasteiger partial charge is 0.463 e. The highest BCUT2D eigenvalue weighted by molar-refractivity contribution is 5.95. The highest BCUT2D eigenvalue weighted by atomic mass is 16.3. The first-order chi connectivity index (χ1) is 10.7. The van der Waals surface area contributed by atoms with E-state index in [1.54, 1.807) is 6.26 Å². The second-order valence-corrected chi connectivity index (χ2v) is 5.69. The van der Waals surface area contributed by atoms with E-state index in [1.165, 1.54) is 0 Å². The van der Waals surface area contributed by atoms with E-state index in [0.717, 1.165) is 37.2 Å². The summed E-state index contributed by atoms with van der Waals surface area (Å²) in [4.78, 5) is 19.2. The minimum atomic E-state index is 0.0335. The number of carbonyl (C=O) groups is 1. The van der Waals surface area contributed by atoms with Gasteiger partial charge in [-0.15, -0.1) is 0 Å². The van der Waals surface area contributed by atoms with Crippen molar-refractivity contribution in [2.75, 3.05) is 13.1 Å². The number of piperidine rings is 1. The minimum Gasteiger partial charge on any atom is -0.463 e. The molecule has 3 heterocycles. The summed E-state index contributed by atoms with van der Waals surface area (Å²) in [7, 11) is 0. The molecule has 5 nitrogen and oxygen atoms in total. The Morgan fingerprint density at radius 2 is 2.27 bits per heavy atom. The Bertz CT molecular complexity index is 652. The smallest absolute Gasteiger partial charge is 0.255 e. The van der Waals surface area contributed by atoms with E-state index in [1.807, 2.05) is 36.1 Å². The van der Waals surface area contributed by atoms with Crippen LogP contribution in [0.15, 0.2) is 34.9 Å². The number of hydrogen-bond donors (Lipinski definition) is 1. The van der Waals surface area contributed by atoms with Crippen molar-refractivity contribution in [3.63, 3.8) is 0 Å². The van der Waals surface area contributed by atoms with Crippen molar-refractivity contribution in [3.05, 3.63) is 41.8 Å². The molecule has 2 aromatic rings. The lowest BCUT2D eigenvalue weighted by Gasteiger charge is -2.35. The Balaban J connectivity index is 1.86. The average molecular weight is 299 g/mol. The average Bonchev–Trinajstić information content (AvgIpc) is 3.08. The molecular formula is C17H21N3O2. The maximum Gasteiger partial charge on any atom is 0.255 e. The number of aryl methyl sites for hydroxylation is 1. The molecule has 1 unspecified atom stereocenters. The Morgan fingerprint density at radius 1 is 1.41 bits per heavy atom. The third kappa shape index (κ3) is 2.76. The van der Waals surface area contributed by atoms with E-state index < -0.39 is 0 Å². The first-order valence-corrected chi connectivity index (χ1v) is 7.73. The van der Waals surface area contributed by atoms with Crippen molar-refractivity contribution in [1.82, 2.24) is 9.88 Å². The molecule has 0 aromatic carbocycles. The number of aromatic nitrogens is 1. The summed E-state index contributed by atoms with van der Waals surface area (Å²) in [6, 6.07) is 7.50. The summed E-state index contributed by atoms with van der Waals surface area (Å²) < 4.78 is 5.35. The van der Waals surface area contributed by atoms with E-state index in [-0.39, 0.29) is 11.9 Å². The van der Waals surface area contributed by atoms with Crippen LogP contribution in [0, 0.1) is 6.92 Å². The lowest BCUT2D eigenvalue weighted by molar-refractivity contribution is 0.0622. The fourth-order valence-corrected chi connectivity index (χ4v) is 3.02. The van der Waals surface area contributed by atoms with Crippen LogP contribution >= 0.6 is 0 Å². The second-order valence-electron chi connectivity index (χ2n) is 5.69. The van der Waals surface area contributed by atoms with Crippen molar-refractivity contribution in [3.8, 4) is 11.5 Å². The summed E-state index contributed by atoms with van der Waals surface area (Å²) in [6.45, 7) is 3.16. The van der Waals surface area contributed by atoms with Crippen LogP contribution in [0.2, 0.25) is 0 Å². The third-order valence-corrected chi connectivity index (χ3v) is 4.25. The Morgan fingerprint density at radius 3 is 2.95 bits per heavy atom. The number of amides is 1. The molecular weight excluding hydrogens is 278 g/mol. The molecule has 0 saturated carbocycles. The fourth-order valence-electron chi connectivity index (χ4n) is 3.02. The molecule has 5 heteroatoms. The summed E-state index contributed by atoms with van der Waals surface area (Å²) in [5.41, 5.74) is 7.93. The SMILES string of the molecule is Cc1nc(-c2ccco2)ccc1C(=O)N1CCCCC1CN. The zero-order valence-electron chi connectivity index (χ0n) is 12.8. The molecule has 116 valence electrons. The lowest BCUT2D eigenvalue weighted by Crippen LogP contribution is -2.47. The quantitative estimate of drug-likeness (QED) is 0.945. The van der Waals surface area contributed by atoms with Gasteiger partial charge in [-0.1, -0.05) is 0 Å². The topological polar surface area (TPSA) is 72.4 Å². The summed E-state index contributed by atoms with van der Waals surface area (Å²) >= 11 is 0. The van der Waals surface area contributed by atoms with Gasteiger partial charge in [0.2, 0.25) is 0 Å². The Kier molecular flexibility index (Phi) is 4.24. The van der Waals surface area contributed by atoms with Crippen LogP contribution in [0.1, 0.15) is 35.3 Å². The van der Waals surface area contributed by atoms with Gasteiger partial charge in [0, 0.05) is 19.1 Å². The number of nitrogens with zero attached hydrogens (tertiary/aromatic N) is 2. The van der Waals surface area contributed by atoms with Crippen LogP contribution in [-0.4, -0.2) is 34.9 Å².